The van der Waals surface area contributed by atoms with E-state index in [2.05, 4.69) is 10.4 Å². The normalized spacial score (nSPS) is 26.2. The molecule has 2 N–H and O–H groups in total. The highest BCUT2D eigenvalue weighted by molar-refractivity contribution is 5.95. The maximum Gasteiger partial charge on any atom is 0.417 e. The Morgan fingerprint density at radius 3 is 2.41 bits per heavy atom. The van der Waals surface area contributed by atoms with Crippen LogP contribution >= 0.6 is 0 Å². The summed E-state index contributed by atoms with van der Waals surface area (Å²) >= 11 is 0. The summed E-state index contributed by atoms with van der Waals surface area (Å²) in [6.45, 7) is 1.23. The van der Waals surface area contributed by atoms with Gasteiger partial charge in [-0.05, 0) is 32.4 Å². The van der Waals surface area contributed by atoms with Crippen LogP contribution < -0.4 is 5.32 Å². The largest absolute Gasteiger partial charge is 0.417 e. The molecule has 5 atom stereocenters. The number of nitrogens with one attached hydrogen (secondary N) is 1. The number of amides is 1. The van der Waals surface area contributed by atoms with Crippen molar-refractivity contribution in [2.45, 2.75) is 64.1 Å². The second kappa shape index (κ2) is 8.84. The van der Waals surface area contributed by atoms with Crippen LogP contribution in [0.1, 0.15) is 56.2 Å². The molecule has 1 aliphatic heterocycles. The van der Waals surface area contributed by atoms with Crippen LogP contribution in [0.4, 0.5) is 36.4 Å². The molecule has 1 aromatic carbocycles. The maximum absolute atomic E-state index is 14.5. The van der Waals surface area contributed by atoms with Gasteiger partial charge >= 0.3 is 12.7 Å². The molecule has 0 saturated carbocycles. The molecule has 2 aromatic rings. The van der Waals surface area contributed by atoms with Crippen LogP contribution in [-0.4, -0.2) is 38.7 Å². The lowest BCUT2D eigenvalue weighted by Gasteiger charge is -2.32. The summed E-state index contributed by atoms with van der Waals surface area (Å²) in [6.07, 6.45) is -7.67. The van der Waals surface area contributed by atoms with E-state index in [1.807, 2.05) is 0 Å². The number of alkyl halides is 5. The van der Waals surface area contributed by atoms with Gasteiger partial charge < -0.3 is 15.2 Å². The predicted molar refractivity (Wildman–Crippen MR) is 105 cm³/mol. The molecule has 6 nitrogen and oxygen atoms in total. The second-order valence-corrected chi connectivity index (χ2v) is 8.37. The third kappa shape index (κ3) is 4.26. The van der Waals surface area contributed by atoms with Crippen molar-refractivity contribution in [3.63, 3.8) is 0 Å². The number of aromatic nitrogens is 2. The molecule has 0 aliphatic carbocycles. The number of aliphatic hydroxyl groups excluding tert-OH is 1. The summed E-state index contributed by atoms with van der Waals surface area (Å²) in [5, 5.41) is 15.8. The van der Waals surface area contributed by atoms with Crippen molar-refractivity contribution in [2.24, 2.45) is 5.92 Å². The van der Waals surface area contributed by atoms with Gasteiger partial charge in [-0.1, -0.05) is 13.0 Å². The molecule has 0 radical (unpaired) electrons. The zero-order chi connectivity index (χ0) is 25.7. The molecule has 1 saturated heterocycles. The quantitative estimate of drug-likeness (QED) is 0.571. The summed E-state index contributed by atoms with van der Waals surface area (Å²) < 4.78 is 102. The molecule has 34 heavy (non-hydrogen) atoms. The van der Waals surface area contributed by atoms with Crippen molar-refractivity contribution >= 4 is 11.6 Å². The van der Waals surface area contributed by atoms with Crippen LogP contribution in [0.5, 0.6) is 0 Å². The van der Waals surface area contributed by atoms with E-state index in [9.17, 15) is 40.6 Å². The summed E-state index contributed by atoms with van der Waals surface area (Å²) in [6, 6.07) is 1.67. The smallest absolute Gasteiger partial charge is 0.389 e. The van der Waals surface area contributed by atoms with E-state index in [1.54, 1.807) is 0 Å². The molecule has 1 fully saturated rings. The number of aryl methyl sites for hydroxylation is 1. The highest BCUT2D eigenvalue weighted by Crippen LogP contribution is 2.54. The van der Waals surface area contributed by atoms with Gasteiger partial charge in [0.05, 0.1) is 23.7 Å². The first kappa shape index (κ1) is 25.9. The zero-order valence-electron chi connectivity index (χ0n) is 18.4. The lowest BCUT2D eigenvalue weighted by atomic mass is 9.75. The third-order valence-corrected chi connectivity index (χ3v) is 6.24. The number of anilines is 1. The minimum absolute atomic E-state index is 0.0349. The second-order valence-electron chi connectivity index (χ2n) is 8.37. The van der Waals surface area contributed by atoms with Crippen molar-refractivity contribution < 1.29 is 45.4 Å². The van der Waals surface area contributed by atoms with Gasteiger partial charge in [-0.2, -0.15) is 27.1 Å². The van der Waals surface area contributed by atoms with Crippen molar-refractivity contribution in [3.05, 3.63) is 46.8 Å². The van der Waals surface area contributed by atoms with Crippen LogP contribution in [0.15, 0.2) is 18.3 Å². The standard InChI is InChI=1S/C21H22F7N3O3/c1-8-14(11-5-6-12(22)16(23)15(11)10(3)32)17(34-20(8,4)21(26,27)28)18(33)29-13-7-31(19(24)25)30-9(13)2/h5-8,10,14,17,19,32H,1-4H3,(H,29,33)/t8-,10?,14-,17+,20+/m0/s1. The fraction of sp³-hybridized carbons (Fsp3) is 0.524. The Kier molecular flexibility index (Phi) is 6.74. The highest BCUT2D eigenvalue weighted by Gasteiger charge is 2.65. The Balaban J connectivity index is 2.11. The van der Waals surface area contributed by atoms with Gasteiger partial charge in [0, 0.05) is 17.4 Å². The van der Waals surface area contributed by atoms with Gasteiger partial charge in [-0.25, -0.2) is 13.5 Å². The molecular formula is C21H22F7N3O3. The van der Waals surface area contributed by atoms with Gasteiger partial charge in [0.2, 0.25) is 0 Å². The highest BCUT2D eigenvalue weighted by atomic mass is 19.4. The predicted octanol–water partition coefficient (Wildman–Crippen LogP) is 5.00. The first-order chi connectivity index (χ1) is 15.6. The number of hydrogen-bond acceptors (Lipinski definition) is 4. The van der Waals surface area contributed by atoms with E-state index in [4.69, 9.17) is 4.74 Å². The Hall–Kier alpha value is -2.67. The molecule has 1 amide bonds. The van der Waals surface area contributed by atoms with Crippen molar-refractivity contribution in [3.8, 4) is 0 Å². The first-order valence-corrected chi connectivity index (χ1v) is 10.1. The van der Waals surface area contributed by atoms with Crippen LogP contribution in [-0.2, 0) is 9.53 Å². The fourth-order valence-corrected chi connectivity index (χ4v) is 4.23. The number of halogens is 7. The summed E-state index contributed by atoms with van der Waals surface area (Å²) in [7, 11) is 0. The molecule has 1 aromatic heterocycles. The topological polar surface area (TPSA) is 76.4 Å². The van der Waals surface area contributed by atoms with Crippen molar-refractivity contribution in [2.75, 3.05) is 5.32 Å². The van der Waals surface area contributed by atoms with Gasteiger partial charge in [0.25, 0.3) is 5.91 Å². The maximum atomic E-state index is 14.5. The van der Waals surface area contributed by atoms with E-state index in [-0.39, 0.29) is 21.6 Å². The number of aliphatic hydroxyl groups is 1. The minimum atomic E-state index is -4.96. The van der Waals surface area contributed by atoms with Gasteiger partial charge in [-0.15, -0.1) is 0 Å². The Bertz CT molecular complexity index is 1090. The number of benzene rings is 1. The van der Waals surface area contributed by atoms with Gasteiger partial charge in [0.1, 0.15) is 6.10 Å². The number of nitrogens with zero attached hydrogens (tertiary/aromatic N) is 2. The molecule has 188 valence electrons. The van der Waals surface area contributed by atoms with Gasteiger partial charge in [0.15, 0.2) is 17.2 Å². The number of carbonyl (C=O) groups is 1. The number of ether oxygens (including phenoxy) is 1. The van der Waals surface area contributed by atoms with Crippen molar-refractivity contribution in [1.82, 2.24) is 9.78 Å². The lowest BCUT2D eigenvalue weighted by molar-refractivity contribution is -0.272. The molecule has 13 heteroatoms. The number of hydrogen-bond donors (Lipinski definition) is 2. The van der Waals surface area contributed by atoms with Crippen molar-refractivity contribution in [1.29, 1.82) is 0 Å². The molecule has 0 spiro atoms. The van der Waals surface area contributed by atoms with E-state index >= 15 is 0 Å². The summed E-state index contributed by atoms with van der Waals surface area (Å²) in [4.78, 5) is 13.1. The Morgan fingerprint density at radius 1 is 1.29 bits per heavy atom. The van der Waals surface area contributed by atoms with Gasteiger partial charge in [-0.3, -0.25) is 4.79 Å². The number of carbonyl (C=O) groups excluding carboxylic acids is 1. The van der Waals surface area contributed by atoms with Crippen LogP contribution in [0.25, 0.3) is 0 Å². The minimum Gasteiger partial charge on any atom is -0.389 e. The lowest BCUT2D eigenvalue weighted by Crippen LogP contribution is -2.47. The molecule has 1 aliphatic rings. The Morgan fingerprint density at radius 2 is 1.91 bits per heavy atom. The van der Waals surface area contributed by atoms with Crippen LogP contribution in [0.2, 0.25) is 0 Å². The third-order valence-electron chi connectivity index (χ3n) is 6.24. The average molecular weight is 497 g/mol. The molecule has 1 unspecified atom stereocenters. The monoisotopic (exact) mass is 497 g/mol. The van der Waals surface area contributed by atoms with Crippen LogP contribution in [0.3, 0.4) is 0 Å². The summed E-state index contributed by atoms with van der Waals surface area (Å²) in [5.41, 5.74) is -3.95. The zero-order valence-corrected chi connectivity index (χ0v) is 18.4. The first-order valence-electron chi connectivity index (χ1n) is 10.1. The molecule has 2 heterocycles. The average Bonchev–Trinajstić information content (AvgIpc) is 3.22. The fourth-order valence-electron chi connectivity index (χ4n) is 4.23. The SMILES string of the molecule is Cc1nn(C(F)F)cc1NC(=O)[C@@H]1O[C@@](C)(C(F)(F)F)[C@@H](C)[C@H]1c1ccc(F)c(F)c1C(C)O. The summed E-state index contributed by atoms with van der Waals surface area (Å²) in [5.74, 6) is -6.90. The van der Waals surface area contributed by atoms with E-state index in [0.717, 1.165) is 33.0 Å². The molecular weight excluding hydrogens is 475 g/mol. The molecule has 3 rings (SSSR count). The molecule has 0 bridgehead atoms. The van der Waals surface area contributed by atoms with E-state index in [1.165, 1.54) is 6.92 Å². The van der Waals surface area contributed by atoms with E-state index in [0.29, 0.717) is 6.07 Å². The van der Waals surface area contributed by atoms with E-state index < -0.39 is 65.5 Å². The Labute approximate surface area is 189 Å². The number of rotatable bonds is 5. The van der Waals surface area contributed by atoms with Crippen LogP contribution in [0, 0.1) is 24.5 Å².